The largest absolute Gasteiger partial charge is 2.00 e. The predicted molar refractivity (Wildman–Crippen MR) is 60.1 cm³/mol. The molecule has 0 aromatic rings. The summed E-state index contributed by atoms with van der Waals surface area (Å²) >= 11 is 0. The van der Waals surface area contributed by atoms with Crippen molar-refractivity contribution in [1.82, 2.24) is 0 Å². The molecule has 2 radical (unpaired) electrons. The van der Waals surface area contributed by atoms with E-state index in [4.69, 9.17) is 61.3 Å². The zero-order chi connectivity index (χ0) is 14.3. The Morgan fingerprint density at radius 3 is 0.381 bits per heavy atom. The summed E-state index contributed by atoms with van der Waals surface area (Å²) in [5, 5.41) is 59.0. The molecule has 0 fully saturated rings. The van der Waals surface area contributed by atoms with Gasteiger partial charge in [-0.25, -0.2) is 0 Å². The van der Waals surface area contributed by atoms with E-state index in [1.165, 1.54) is 0 Å². The second-order valence-electron chi connectivity index (χ2n) is 0.894. The van der Waals surface area contributed by atoms with Crippen LogP contribution in [0.3, 0.4) is 0 Å². The Morgan fingerprint density at radius 1 is 0.381 bits per heavy atom. The van der Waals surface area contributed by atoms with Gasteiger partial charge in [-0.1, -0.05) is 0 Å². The number of nitrogens with zero attached hydrogens (tertiary/aromatic N) is 4. The number of hydrogen-bond donors (Lipinski definition) is 0. The molecule has 0 N–H and O–H groups in total. The van der Waals surface area contributed by atoms with E-state index in [0.29, 0.717) is 0 Å². The molecule has 0 aromatic carbocycles. The van der Waals surface area contributed by atoms with E-state index >= 15 is 0 Å². The summed E-state index contributed by atoms with van der Waals surface area (Å²) in [6.45, 7) is 0. The van der Waals surface area contributed by atoms with Gasteiger partial charge in [0.25, 0.3) is 0 Å². The first-order valence-electron chi connectivity index (χ1n) is 2.19. The van der Waals surface area contributed by atoms with E-state index in [2.05, 4.69) is 0 Å². The van der Waals surface area contributed by atoms with E-state index < -0.39 is 20.3 Å². The first-order chi connectivity index (χ1) is 6.93. The van der Waals surface area contributed by atoms with Gasteiger partial charge in [-0.3, -0.25) is 0 Å². The molecule has 0 heterocycles. The third-order valence-electron chi connectivity index (χ3n) is 0. The van der Waals surface area contributed by atoms with E-state index in [1.807, 2.05) is 0 Å². The normalized spacial score (nSPS) is 4.57. The van der Waals surface area contributed by atoms with Gasteiger partial charge in [0.15, 0.2) is 0 Å². The first kappa shape index (κ1) is 57.1. The van der Waals surface area contributed by atoms with Crippen molar-refractivity contribution < 1.29 is 31.3 Å². The van der Waals surface area contributed by atoms with Crippen LogP contribution in [0.25, 0.3) is 0 Å². The smallest absolute Gasteiger partial charge is 1.00 e. The fraction of sp³-hybridized carbons (Fsp3) is 0. The van der Waals surface area contributed by atoms with Crippen LogP contribution in [0.1, 0.15) is 0 Å². The van der Waals surface area contributed by atoms with Crippen LogP contribution in [0.5, 0.6) is 0 Å². The molecule has 0 aliphatic carbocycles. The monoisotopic (exact) mass is 694 g/mol. The summed E-state index contributed by atoms with van der Waals surface area (Å²) in [7, 11) is 0. The van der Waals surface area contributed by atoms with Gasteiger partial charge in [-0.2, -0.15) is 0 Å². The maximum absolute atomic E-state index is 8.25. The molecule has 0 aliphatic rings. The molecule has 18 nitrogen and oxygen atoms in total. The van der Waals surface area contributed by atoms with Crippen LogP contribution in [0, 0.1) is 61.3 Å². The molecule has 21 heteroatoms. The molecule has 0 atom stereocenters. The molecule has 21 heavy (non-hydrogen) atoms. The molecule has 0 aromatic heterocycles. The molecule has 0 unspecified atom stereocenters. The van der Waals surface area contributed by atoms with E-state index in [1.54, 1.807) is 0 Å². The SMILES string of the molecule is O=[N+]([O-])[O-].O=[N+]([O-])[O-].O=[N+]([O-])[O-].O=[N+]([O-])[O-].[Ba+2].[Ba+2].[Ba+2].[O-].[O-]. The summed E-state index contributed by atoms with van der Waals surface area (Å²) in [6.07, 6.45) is 0. The van der Waals surface area contributed by atoms with Crippen molar-refractivity contribution in [3.8, 4) is 0 Å². The Morgan fingerprint density at radius 2 is 0.381 bits per heavy atom. The molecule has 0 aliphatic heterocycles. The summed E-state index contributed by atoms with van der Waals surface area (Å²) in [5.41, 5.74) is 0. The van der Waals surface area contributed by atoms with Gasteiger partial charge < -0.3 is 72.2 Å². The van der Waals surface area contributed by atoms with Crippen molar-refractivity contribution in [1.29, 1.82) is 0 Å². The van der Waals surface area contributed by atoms with E-state index in [9.17, 15) is 0 Å². The van der Waals surface area contributed by atoms with Crippen molar-refractivity contribution in [2.75, 3.05) is 0 Å². The second-order valence-corrected chi connectivity index (χ2v) is 0.894. The summed E-state index contributed by atoms with van der Waals surface area (Å²) in [4.78, 5) is 33.0. The summed E-state index contributed by atoms with van der Waals surface area (Å²) < 4.78 is 0. The maximum Gasteiger partial charge on any atom is 2.00 e. The fourth-order valence-corrected chi connectivity index (χ4v) is 0. The molecule has 0 saturated carbocycles. The van der Waals surface area contributed by atoms with Crippen LogP contribution < -0.4 is 0 Å². The third kappa shape index (κ3) is 3940. The third-order valence-corrected chi connectivity index (χ3v) is 0. The zero-order valence-electron chi connectivity index (χ0n) is 9.63. The molecular weight excluding hydrogens is 692 g/mol. The fourth-order valence-electron chi connectivity index (χ4n) is 0. The van der Waals surface area contributed by atoms with Crippen molar-refractivity contribution in [2.45, 2.75) is 0 Å². The van der Waals surface area contributed by atoms with Crippen LogP contribution in [-0.4, -0.2) is 167 Å². The van der Waals surface area contributed by atoms with Crippen molar-refractivity contribution >= 4 is 147 Å². The minimum absolute atomic E-state index is 0. The minimum Gasteiger partial charge on any atom is -1.00 e. The molecule has 0 spiro atoms. The molecule has 0 amide bonds. The Bertz CT molecular complexity index is 166. The van der Waals surface area contributed by atoms with Crippen molar-refractivity contribution in [2.24, 2.45) is 0 Å². The number of hydrogen-bond acceptors (Lipinski definition) is 14. The van der Waals surface area contributed by atoms with Gasteiger partial charge >= 0.3 is 147 Å². The second kappa shape index (κ2) is 49.6. The van der Waals surface area contributed by atoms with Crippen LogP contribution >= 0.6 is 0 Å². The minimum atomic E-state index is -1.75. The van der Waals surface area contributed by atoms with Gasteiger partial charge in [0.1, 0.15) is 0 Å². The van der Waals surface area contributed by atoms with Gasteiger partial charge in [0.05, 0.1) is 20.3 Å². The van der Waals surface area contributed by atoms with Crippen LogP contribution in [0.2, 0.25) is 0 Å². The quantitative estimate of drug-likeness (QED) is 0.147. The van der Waals surface area contributed by atoms with Crippen LogP contribution in [0.15, 0.2) is 0 Å². The molecule has 0 rings (SSSR count). The first-order valence-corrected chi connectivity index (χ1v) is 2.19. The van der Waals surface area contributed by atoms with Crippen molar-refractivity contribution in [3.63, 3.8) is 0 Å². The number of rotatable bonds is 0. The molecule has 0 bridgehead atoms. The van der Waals surface area contributed by atoms with E-state index in [0.717, 1.165) is 0 Å². The summed E-state index contributed by atoms with van der Waals surface area (Å²) in [5.74, 6) is 0. The zero-order valence-corrected chi connectivity index (χ0v) is 22.9. The topological polar surface area (TPSA) is 322 Å². The Labute approximate surface area is 234 Å². The average Bonchev–Trinajstić information content (AvgIpc) is 1.76. The van der Waals surface area contributed by atoms with Gasteiger partial charge in [-0.05, 0) is 0 Å². The van der Waals surface area contributed by atoms with Crippen LogP contribution in [-0.2, 0) is 11.0 Å². The maximum atomic E-state index is 8.25. The standard InChI is InChI=1S/3Ba.4NO3.2O/c;;;4*2-1(3)4;;/q3*+2;6*-1. The van der Waals surface area contributed by atoms with Gasteiger partial charge in [-0.15, -0.1) is 0 Å². The Balaban J connectivity index is -0.0000000121. The predicted octanol–water partition coefficient (Wildman–Crippen LogP) is -2.34. The molecule has 0 saturated heterocycles. The van der Waals surface area contributed by atoms with Gasteiger partial charge in [0, 0.05) is 0 Å². The van der Waals surface area contributed by atoms with E-state index in [-0.39, 0.29) is 158 Å². The van der Waals surface area contributed by atoms with Crippen molar-refractivity contribution in [3.05, 3.63) is 61.3 Å². The average molecular weight is 692 g/mol. The van der Waals surface area contributed by atoms with Crippen LogP contribution in [0.4, 0.5) is 0 Å². The summed E-state index contributed by atoms with van der Waals surface area (Å²) in [6, 6.07) is 0. The Kier molecular flexibility index (Phi) is 135. The molecule has 110 valence electrons. The van der Waals surface area contributed by atoms with Gasteiger partial charge in [0.2, 0.25) is 0 Å². The Hall–Kier alpha value is 1.43. The molecular formula is Ba3N4O14.